The van der Waals surface area contributed by atoms with Gasteiger partial charge in [0.05, 0.1) is 9.98 Å². The number of rotatable bonds is 3. The molecule has 0 aromatic carbocycles. The molecule has 0 saturated carbocycles. The van der Waals surface area contributed by atoms with Gasteiger partial charge in [-0.3, -0.25) is 14.4 Å². The zero-order chi connectivity index (χ0) is 12.4. The number of carbonyl (C=O) groups is 1. The number of amides is 1. The fourth-order valence-electron chi connectivity index (χ4n) is 1.31. The average molecular weight is 315 g/mol. The molecule has 2 aromatic heterocycles. The number of thiazole rings is 1. The van der Waals surface area contributed by atoms with Crippen LogP contribution in [0.25, 0.3) is 0 Å². The minimum absolute atomic E-state index is 0.154. The predicted octanol–water partition coefficient (Wildman–Crippen LogP) is 2.40. The fourth-order valence-corrected chi connectivity index (χ4v) is 2.45. The summed E-state index contributed by atoms with van der Waals surface area (Å²) in [4.78, 5) is 17.7. The lowest BCUT2D eigenvalue weighted by atomic mass is 10.4. The second-order valence-corrected chi connectivity index (χ2v) is 5.76. The van der Waals surface area contributed by atoms with Crippen LogP contribution in [0.5, 0.6) is 0 Å². The van der Waals surface area contributed by atoms with Gasteiger partial charge in [-0.05, 0) is 28.9 Å². The Morgan fingerprint density at radius 1 is 1.65 bits per heavy atom. The minimum atomic E-state index is -0.154. The number of carbonyl (C=O) groups excluding carboxylic acids is 1. The summed E-state index contributed by atoms with van der Waals surface area (Å²) in [7, 11) is 1.69. The molecule has 0 unspecified atom stereocenters. The molecule has 0 bridgehead atoms. The van der Waals surface area contributed by atoms with E-state index in [-0.39, 0.29) is 5.91 Å². The molecule has 0 saturated heterocycles. The third-order valence-corrected chi connectivity index (χ3v) is 3.79. The Morgan fingerprint density at radius 3 is 2.94 bits per heavy atom. The molecule has 0 fully saturated rings. The van der Waals surface area contributed by atoms with Gasteiger partial charge in [-0.1, -0.05) is 11.3 Å². The van der Waals surface area contributed by atoms with Crippen molar-refractivity contribution in [3.63, 3.8) is 0 Å². The molecule has 90 valence electrons. The third-order valence-electron chi connectivity index (χ3n) is 2.24. The summed E-state index contributed by atoms with van der Waals surface area (Å²) in [6, 6.07) is 1.71. The van der Waals surface area contributed by atoms with E-state index in [0.29, 0.717) is 10.8 Å². The van der Waals surface area contributed by atoms with Gasteiger partial charge in [-0.15, -0.1) is 0 Å². The predicted molar refractivity (Wildman–Crippen MR) is 70.4 cm³/mol. The van der Waals surface area contributed by atoms with Crippen LogP contribution < -0.4 is 4.90 Å². The summed E-state index contributed by atoms with van der Waals surface area (Å²) in [5, 5.41) is 4.82. The number of aromatic nitrogens is 3. The van der Waals surface area contributed by atoms with Crippen LogP contribution in [-0.4, -0.2) is 27.7 Å². The highest BCUT2D eigenvalue weighted by molar-refractivity contribution is 9.11. The van der Waals surface area contributed by atoms with Crippen molar-refractivity contribution in [1.82, 2.24) is 14.8 Å². The van der Waals surface area contributed by atoms with Crippen LogP contribution in [0.1, 0.15) is 17.4 Å². The lowest BCUT2D eigenvalue weighted by Crippen LogP contribution is -2.26. The van der Waals surface area contributed by atoms with Crippen LogP contribution >= 0.6 is 27.3 Å². The Kier molecular flexibility index (Phi) is 3.58. The van der Waals surface area contributed by atoms with Gasteiger partial charge in [0.1, 0.15) is 0 Å². The second-order valence-electron chi connectivity index (χ2n) is 3.37. The van der Waals surface area contributed by atoms with Gasteiger partial charge in [0.25, 0.3) is 5.91 Å². The number of hydrogen-bond acceptors (Lipinski definition) is 4. The van der Waals surface area contributed by atoms with E-state index in [2.05, 4.69) is 26.0 Å². The number of hydrogen-bond donors (Lipinski definition) is 0. The van der Waals surface area contributed by atoms with Crippen LogP contribution in [0.15, 0.2) is 22.2 Å². The normalized spacial score (nSPS) is 10.5. The van der Waals surface area contributed by atoms with Crippen molar-refractivity contribution in [1.29, 1.82) is 0 Å². The monoisotopic (exact) mass is 314 g/mol. The largest absolute Gasteiger partial charge is 0.286 e. The molecule has 0 aliphatic heterocycles. The molecular formula is C10H11BrN4OS. The van der Waals surface area contributed by atoms with E-state index in [9.17, 15) is 4.79 Å². The lowest BCUT2D eigenvalue weighted by Gasteiger charge is -2.11. The van der Waals surface area contributed by atoms with Crippen molar-refractivity contribution >= 4 is 38.3 Å². The standard InChI is InChI=1S/C10H11BrN4OS/c1-3-15-5-4-7(13-15)9(16)14(2)10-12-6-8(11)17-10/h4-6H,3H2,1-2H3. The van der Waals surface area contributed by atoms with E-state index in [1.54, 1.807) is 30.2 Å². The summed E-state index contributed by atoms with van der Waals surface area (Å²) in [6.45, 7) is 2.72. The highest BCUT2D eigenvalue weighted by Gasteiger charge is 2.18. The molecule has 0 aliphatic rings. The highest BCUT2D eigenvalue weighted by Crippen LogP contribution is 2.26. The smallest absolute Gasteiger partial charge is 0.280 e. The van der Waals surface area contributed by atoms with Crippen molar-refractivity contribution in [2.24, 2.45) is 0 Å². The van der Waals surface area contributed by atoms with Crippen LogP contribution in [0.4, 0.5) is 5.13 Å². The Morgan fingerprint density at radius 2 is 2.41 bits per heavy atom. The quantitative estimate of drug-likeness (QED) is 0.874. The van der Waals surface area contributed by atoms with Crippen LogP contribution in [0.2, 0.25) is 0 Å². The molecule has 7 heteroatoms. The Balaban J connectivity index is 2.19. The molecule has 0 N–H and O–H groups in total. The van der Waals surface area contributed by atoms with E-state index in [1.165, 1.54) is 16.2 Å². The molecule has 0 atom stereocenters. The summed E-state index contributed by atoms with van der Waals surface area (Å²) in [5.41, 5.74) is 0.431. The Bertz CT molecular complexity index is 536. The highest BCUT2D eigenvalue weighted by atomic mass is 79.9. The van der Waals surface area contributed by atoms with Crippen LogP contribution in [-0.2, 0) is 6.54 Å². The summed E-state index contributed by atoms with van der Waals surface area (Å²) in [5.74, 6) is -0.154. The van der Waals surface area contributed by atoms with E-state index < -0.39 is 0 Å². The molecule has 2 aromatic rings. The van der Waals surface area contributed by atoms with Gasteiger partial charge in [0.15, 0.2) is 10.8 Å². The first-order valence-electron chi connectivity index (χ1n) is 5.04. The third kappa shape index (κ3) is 2.55. The van der Waals surface area contributed by atoms with Gasteiger partial charge < -0.3 is 0 Å². The zero-order valence-corrected chi connectivity index (χ0v) is 11.8. The Labute approximate surface area is 111 Å². The number of anilines is 1. The average Bonchev–Trinajstić information content (AvgIpc) is 2.95. The molecule has 17 heavy (non-hydrogen) atoms. The van der Waals surface area contributed by atoms with Crippen molar-refractivity contribution in [3.05, 3.63) is 27.9 Å². The maximum Gasteiger partial charge on any atom is 0.280 e. The summed E-state index contributed by atoms with van der Waals surface area (Å²) < 4.78 is 2.62. The lowest BCUT2D eigenvalue weighted by molar-refractivity contribution is 0.0987. The zero-order valence-electron chi connectivity index (χ0n) is 9.42. The molecule has 2 heterocycles. The first-order valence-corrected chi connectivity index (χ1v) is 6.65. The maximum absolute atomic E-state index is 12.1. The molecular weight excluding hydrogens is 304 g/mol. The Hall–Kier alpha value is -1.21. The van der Waals surface area contributed by atoms with E-state index in [0.717, 1.165) is 10.3 Å². The number of nitrogens with zero attached hydrogens (tertiary/aromatic N) is 4. The first kappa shape index (κ1) is 12.3. The number of aryl methyl sites for hydroxylation is 1. The van der Waals surface area contributed by atoms with Crippen molar-refractivity contribution in [3.8, 4) is 0 Å². The summed E-state index contributed by atoms with van der Waals surface area (Å²) in [6.07, 6.45) is 3.47. The maximum atomic E-state index is 12.1. The molecule has 5 nitrogen and oxygen atoms in total. The molecule has 2 rings (SSSR count). The topological polar surface area (TPSA) is 51.0 Å². The van der Waals surface area contributed by atoms with Gasteiger partial charge >= 0.3 is 0 Å². The van der Waals surface area contributed by atoms with E-state index >= 15 is 0 Å². The second kappa shape index (κ2) is 4.97. The van der Waals surface area contributed by atoms with Crippen molar-refractivity contribution < 1.29 is 4.79 Å². The molecule has 0 spiro atoms. The molecule has 1 amide bonds. The van der Waals surface area contributed by atoms with Gasteiger partial charge in [-0.25, -0.2) is 4.98 Å². The minimum Gasteiger partial charge on any atom is -0.286 e. The first-order chi connectivity index (χ1) is 8.11. The van der Waals surface area contributed by atoms with Crippen LogP contribution in [0, 0.1) is 0 Å². The van der Waals surface area contributed by atoms with Gasteiger partial charge in [0.2, 0.25) is 0 Å². The number of halogens is 1. The molecule has 0 aliphatic carbocycles. The van der Waals surface area contributed by atoms with E-state index in [4.69, 9.17) is 0 Å². The van der Waals surface area contributed by atoms with Crippen LogP contribution in [0.3, 0.4) is 0 Å². The van der Waals surface area contributed by atoms with Crippen molar-refractivity contribution in [2.45, 2.75) is 13.5 Å². The fraction of sp³-hybridized carbons (Fsp3) is 0.300. The summed E-state index contributed by atoms with van der Waals surface area (Å²) >= 11 is 4.73. The SMILES string of the molecule is CCn1ccc(C(=O)N(C)c2ncc(Br)s2)n1. The van der Waals surface area contributed by atoms with Gasteiger partial charge in [0, 0.05) is 19.8 Å². The van der Waals surface area contributed by atoms with E-state index in [1.807, 2.05) is 6.92 Å². The van der Waals surface area contributed by atoms with Crippen molar-refractivity contribution in [2.75, 3.05) is 11.9 Å². The molecule has 0 radical (unpaired) electrons. The van der Waals surface area contributed by atoms with Gasteiger partial charge in [-0.2, -0.15) is 5.10 Å².